The van der Waals surface area contributed by atoms with Crippen molar-refractivity contribution in [1.29, 1.82) is 0 Å². The van der Waals surface area contributed by atoms with Gasteiger partial charge in [0.25, 0.3) is 6.36 Å². The zero-order valence-electron chi connectivity index (χ0n) is 7.72. The maximum Gasteiger partial charge on any atom is 0.319 e. The molecule has 84 valence electrons. The Hall–Kier alpha value is -1.14. The number of hydrogen-bond acceptors (Lipinski definition) is 3. The van der Waals surface area contributed by atoms with Crippen LogP contribution in [-0.2, 0) is 14.3 Å². The molecule has 0 aliphatic heterocycles. The zero-order valence-corrected chi connectivity index (χ0v) is 7.72. The van der Waals surface area contributed by atoms with Crippen molar-refractivity contribution < 1.29 is 23.8 Å². The van der Waals surface area contributed by atoms with Crippen LogP contribution in [0.2, 0.25) is 0 Å². The van der Waals surface area contributed by atoms with E-state index in [0.29, 0.717) is 0 Å². The fourth-order valence-corrected chi connectivity index (χ4v) is 0.953. The number of halogens is 1. The third kappa shape index (κ3) is 5.08. The molecule has 6 heteroatoms. The molecule has 1 aromatic carbocycles. The first kappa shape index (κ1) is 14.9. The molecule has 4 nitrogen and oxygen atoms in total. The van der Waals surface area contributed by atoms with Gasteiger partial charge in [-0.05, 0) is 0 Å². The van der Waals surface area contributed by atoms with Crippen molar-refractivity contribution in [2.75, 3.05) is 0 Å². The third-order valence-corrected chi connectivity index (χ3v) is 1.59. The van der Waals surface area contributed by atoms with Crippen molar-refractivity contribution >= 4 is 35.0 Å². The molecular weight excluding hydrogens is 227 g/mol. The lowest BCUT2D eigenvalue weighted by Gasteiger charge is -2.08. The minimum absolute atomic E-state index is 0. The minimum Gasteiger partial charge on any atom is -0.481 e. The molecule has 16 heavy (non-hydrogen) atoms. The van der Waals surface area contributed by atoms with E-state index in [1.54, 1.807) is 18.2 Å². The summed E-state index contributed by atoms with van der Waals surface area (Å²) in [6.45, 7) is 0. The maximum atomic E-state index is 13.2. The first-order chi connectivity index (χ1) is 7.09. The summed E-state index contributed by atoms with van der Waals surface area (Å²) in [5.74, 6) is -2.45. The van der Waals surface area contributed by atoms with Gasteiger partial charge in [-0.25, -0.2) is 0 Å². The molecule has 0 spiro atoms. The van der Waals surface area contributed by atoms with Crippen LogP contribution >= 0.6 is 0 Å². The summed E-state index contributed by atoms with van der Waals surface area (Å²) < 4.78 is 17.5. The Labute approximate surface area is 108 Å². The van der Waals surface area contributed by atoms with Crippen LogP contribution in [0.3, 0.4) is 0 Å². The normalized spacial score (nSPS) is 11.1. The van der Waals surface area contributed by atoms with E-state index in [-0.39, 0.29) is 28.6 Å². The predicted molar refractivity (Wildman–Crippen MR) is 57.2 cm³/mol. The number of carbonyl (C=O) groups excluding carboxylic acids is 1. The van der Waals surface area contributed by atoms with Crippen LogP contribution in [0.1, 0.15) is 18.3 Å². The number of alkyl halides is 1. The van der Waals surface area contributed by atoms with Crippen LogP contribution in [0.4, 0.5) is 4.39 Å². The molecule has 1 atom stereocenters. The Morgan fingerprint density at radius 1 is 1.31 bits per heavy atom. The van der Waals surface area contributed by atoms with Crippen LogP contribution in [-0.4, -0.2) is 40.1 Å². The number of ether oxygens (including phenoxy) is 1. The molecule has 0 amide bonds. The molecule has 0 bridgehead atoms. The lowest BCUT2D eigenvalue weighted by Crippen LogP contribution is -2.12. The first-order valence-corrected chi connectivity index (χ1v) is 4.20. The van der Waals surface area contributed by atoms with Gasteiger partial charge in [0, 0.05) is 5.56 Å². The summed E-state index contributed by atoms with van der Waals surface area (Å²) in [5.41, 5.74) is 0.177. The summed E-state index contributed by atoms with van der Waals surface area (Å²) in [5, 5.41) is 8.24. The third-order valence-electron chi connectivity index (χ3n) is 1.59. The highest BCUT2D eigenvalue weighted by atomic mass is 24.3. The first-order valence-electron chi connectivity index (χ1n) is 4.20. The smallest absolute Gasteiger partial charge is 0.319 e. The van der Waals surface area contributed by atoms with Crippen LogP contribution in [0.15, 0.2) is 30.3 Å². The fourth-order valence-electron chi connectivity index (χ4n) is 0.953. The van der Waals surface area contributed by atoms with Crippen molar-refractivity contribution in [2.24, 2.45) is 0 Å². The van der Waals surface area contributed by atoms with Gasteiger partial charge in [-0.2, -0.15) is 4.39 Å². The Kier molecular flexibility index (Phi) is 6.67. The monoisotopic (exact) mass is 238 g/mol. The van der Waals surface area contributed by atoms with Gasteiger partial charge in [0.15, 0.2) is 0 Å². The van der Waals surface area contributed by atoms with E-state index >= 15 is 0 Å². The van der Waals surface area contributed by atoms with Crippen molar-refractivity contribution in [3.05, 3.63) is 35.9 Å². The number of carboxylic acid groups (broad SMARTS) is 1. The zero-order chi connectivity index (χ0) is 11.3. The van der Waals surface area contributed by atoms with Crippen LogP contribution in [0, 0.1) is 0 Å². The number of hydrogen-bond donors (Lipinski definition) is 1. The van der Waals surface area contributed by atoms with Crippen LogP contribution < -0.4 is 0 Å². The molecule has 1 aromatic rings. The van der Waals surface area contributed by atoms with Gasteiger partial charge in [-0.3, -0.25) is 9.59 Å². The van der Waals surface area contributed by atoms with Crippen molar-refractivity contribution in [1.82, 2.24) is 0 Å². The van der Waals surface area contributed by atoms with Gasteiger partial charge in [-0.15, -0.1) is 0 Å². The molecule has 0 radical (unpaired) electrons. The molecular formula is C10H11FMgO4. The molecule has 0 aliphatic carbocycles. The summed E-state index contributed by atoms with van der Waals surface area (Å²) in [6, 6.07) is 7.76. The highest BCUT2D eigenvalue weighted by Gasteiger charge is 2.16. The van der Waals surface area contributed by atoms with E-state index in [1.807, 2.05) is 0 Å². The molecule has 0 saturated carbocycles. The van der Waals surface area contributed by atoms with Crippen molar-refractivity contribution in [2.45, 2.75) is 12.8 Å². The summed E-state index contributed by atoms with van der Waals surface area (Å²) in [6.07, 6.45) is -2.76. The van der Waals surface area contributed by atoms with Crippen molar-refractivity contribution in [3.63, 3.8) is 0 Å². The highest BCUT2D eigenvalue weighted by Crippen LogP contribution is 2.18. The number of rotatable bonds is 4. The fraction of sp³-hybridized carbons (Fsp3) is 0.200. The number of aliphatic carboxylic acids is 1. The largest absolute Gasteiger partial charge is 0.481 e. The molecule has 0 aromatic heterocycles. The lowest BCUT2D eigenvalue weighted by atomic mass is 10.2. The topological polar surface area (TPSA) is 63.6 Å². The molecule has 0 fully saturated rings. The SMILES string of the molecule is O=C(O)CC(=O)OC(F)c1ccccc1.[MgH2]. The Bertz CT molecular complexity index is 355. The Morgan fingerprint density at radius 3 is 2.38 bits per heavy atom. The molecule has 1 rings (SSSR count). The second-order valence-corrected chi connectivity index (χ2v) is 2.79. The summed E-state index contributed by atoms with van der Waals surface area (Å²) >= 11 is 0. The average molecular weight is 238 g/mol. The van der Waals surface area contributed by atoms with Crippen LogP contribution in [0.5, 0.6) is 0 Å². The van der Waals surface area contributed by atoms with Gasteiger partial charge in [-0.1, -0.05) is 30.3 Å². The predicted octanol–water partition coefficient (Wildman–Crippen LogP) is 0.756. The van der Waals surface area contributed by atoms with E-state index in [4.69, 9.17) is 5.11 Å². The molecule has 0 aliphatic rings. The second kappa shape index (κ2) is 7.18. The molecule has 1 N–H and O–H groups in total. The van der Waals surface area contributed by atoms with Gasteiger partial charge in [0.1, 0.15) is 6.42 Å². The minimum atomic E-state index is -1.92. The van der Waals surface area contributed by atoms with E-state index in [2.05, 4.69) is 4.74 Å². The number of benzene rings is 1. The van der Waals surface area contributed by atoms with Gasteiger partial charge < -0.3 is 9.84 Å². The average Bonchev–Trinajstić information content (AvgIpc) is 2.17. The van der Waals surface area contributed by atoms with E-state index < -0.39 is 24.7 Å². The van der Waals surface area contributed by atoms with E-state index in [9.17, 15) is 14.0 Å². The lowest BCUT2D eigenvalue weighted by molar-refractivity contribution is -0.162. The van der Waals surface area contributed by atoms with Gasteiger partial charge >= 0.3 is 35.0 Å². The summed E-state index contributed by atoms with van der Waals surface area (Å²) in [7, 11) is 0. The van der Waals surface area contributed by atoms with Gasteiger partial charge in [0.2, 0.25) is 0 Å². The standard InChI is InChI=1S/C10H9FO4.Mg.2H/c11-10(7-4-2-1-3-5-7)15-9(14)6-8(12)13;;;/h1-5,10H,6H2,(H,12,13);;;. The summed E-state index contributed by atoms with van der Waals surface area (Å²) in [4.78, 5) is 20.9. The quantitative estimate of drug-likeness (QED) is 0.478. The number of esters is 1. The number of carbonyl (C=O) groups is 2. The molecule has 0 saturated heterocycles. The number of carboxylic acids is 1. The highest BCUT2D eigenvalue weighted by molar-refractivity contribution is 5.90. The van der Waals surface area contributed by atoms with Gasteiger partial charge in [0.05, 0.1) is 0 Å². The van der Waals surface area contributed by atoms with E-state index in [1.165, 1.54) is 12.1 Å². The van der Waals surface area contributed by atoms with Crippen molar-refractivity contribution in [3.8, 4) is 0 Å². The van der Waals surface area contributed by atoms with E-state index in [0.717, 1.165) is 0 Å². The second-order valence-electron chi connectivity index (χ2n) is 2.79. The Morgan fingerprint density at radius 2 is 1.88 bits per heavy atom. The Balaban J connectivity index is 0.00000225. The maximum absolute atomic E-state index is 13.2. The van der Waals surface area contributed by atoms with Crippen LogP contribution in [0.25, 0.3) is 0 Å². The molecule has 1 unspecified atom stereocenters. The molecule has 0 heterocycles.